The topological polar surface area (TPSA) is 91.1 Å². The van der Waals surface area contributed by atoms with Crippen LogP contribution in [-0.4, -0.2) is 36.5 Å². The molecule has 31 heavy (non-hydrogen) atoms. The van der Waals surface area contributed by atoms with Crippen LogP contribution in [-0.2, 0) is 20.9 Å². The number of fused-ring (bicyclic) bond motifs is 3. The Morgan fingerprint density at radius 3 is 2.71 bits per heavy atom. The molecule has 2 N–H and O–H groups in total. The summed E-state index contributed by atoms with van der Waals surface area (Å²) >= 11 is 5.91. The highest BCUT2D eigenvalue weighted by molar-refractivity contribution is 6.30. The smallest absolute Gasteiger partial charge is 0.262 e. The molecule has 7 nitrogen and oxygen atoms in total. The second kappa shape index (κ2) is 8.99. The summed E-state index contributed by atoms with van der Waals surface area (Å²) in [6, 6.07) is 12.7. The van der Waals surface area contributed by atoms with E-state index in [0.29, 0.717) is 35.3 Å². The number of likely N-dealkylation sites (tertiary alicyclic amines) is 1. The molecule has 2 aromatic carbocycles. The van der Waals surface area contributed by atoms with Crippen molar-refractivity contribution in [3.05, 3.63) is 70.1 Å². The second-order valence-electron chi connectivity index (χ2n) is 7.30. The van der Waals surface area contributed by atoms with Crippen molar-refractivity contribution in [1.29, 1.82) is 0 Å². The molecule has 2 aliphatic heterocycles. The molecule has 1 unspecified atom stereocenters. The average molecular weight is 443 g/mol. The lowest BCUT2D eigenvalue weighted by Crippen LogP contribution is -2.47. The van der Waals surface area contributed by atoms with Gasteiger partial charge in [-0.15, -0.1) is 0 Å². The SMILES string of the molecule is CCOCCN1C(=O)CC2C(=C(N)Oc3cc(OCc4ccc(Cl)cc4)ccc32)C1=O. The summed E-state index contributed by atoms with van der Waals surface area (Å²) in [7, 11) is 0. The summed E-state index contributed by atoms with van der Waals surface area (Å²) in [4.78, 5) is 26.8. The summed E-state index contributed by atoms with van der Waals surface area (Å²) in [5, 5.41) is 0.664. The van der Waals surface area contributed by atoms with E-state index in [4.69, 9.17) is 31.5 Å². The number of benzene rings is 2. The minimum absolute atomic E-state index is 0.0197. The van der Waals surface area contributed by atoms with E-state index >= 15 is 0 Å². The molecule has 1 fully saturated rings. The monoisotopic (exact) mass is 442 g/mol. The Bertz CT molecular complexity index is 1030. The van der Waals surface area contributed by atoms with Gasteiger partial charge in [0, 0.05) is 35.6 Å². The van der Waals surface area contributed by atoms with E-state index < -0.39 is 11.8 Å². The number of amides is 2. The zero-order chi connectivity index (χ0) is 22.0. The predicted molar refractivity (Wildman–Crippen MR) is 115 cm³/mol. The van der Waals surface area contributed by atoms with Crippen LogP contribution in [0.1, 0.15) is 30.4 Å². The summed E-state index contributed by atoms with van der Waals surface area (Å²) in [6.07, 6.45) is 0.148. The van der Waals surface area contributed by atoms with Gasteiger partial charge in [-0.1, -0.05) is 29.8 Å². The largest absolute Gasteiger partial charge is 0.489 e. The van der Waals surface area contributed by atoms with Gasteiger partial charge in [0.2, 0.25) is 5.91 Å². The molecule has 1 atom stereocenters. The molecule has 2 aromatic rings. The molecule has 0 radical (unpaired) electrons. The first kappa shape index (κ1) is 21.2. The van der Waals surface area contributed by atoms with Crippen molar-refractivity contribution in [2.75, 3.05) is 19.8 Å². The molecular weight excluding hydrogens is 420 g/mol. The number of nitrogens with two attached hydrogens (primary N) is 1. The van der Waals surface area contributed by atoms with Crippen LogP contribution in [0.5, 0.6) is 11.5 Å². The molecule has 2 aliphatic rings. The number of imide groups is 1. The molecule has 8 heteroatoms. The maximum absolute atomic E-state index is 12.9. The number of rotatable bonds is 7. The first-order chi connectivity index (χ1) is 15.0. The third-order valence-electron chi connectivity index (χ3n) is 5.33. The highest BCUT2D eigenvalue weighted by atomic mass is 35.5. The number of halogens is 1. The predicted octanol–water partition coefficient (Wildman–Crippen LogP) is 3.36. The number of carbonyl (C=O) groups excluding carboxylic acids is 2. The molecule has 0 aromatic heterocycles. The fraction of sp³-hybridized carbons (Fsp3) is 0.304. The maximum atomic E-state index is 12.9. The molecule has 162 valence electrons. The molecule has 4 rings (SSSR count). The number of hydrogen-bond donors (Lipinski definition) is 1. The van der Waals surface area contributed by atoms with E-state index in [1.165, 1.54) is 4.90 Å². The zero-order valence-corrected chi connectivity index (χ0v) is 17.9. The van der Waals surface area contributed by atoms with Gasteiger partial charge in [-0.05, 0) is 30.7 Å². The Kier molecular flexibility index (Phi) is 6.15. The fourth-order valence-electron chi connectivity index (χ4n) is 3.77. The number of carbonyl (C=O) groups is 2. The molecule has 0 spiro atoms. The zero-order valence-electron chi connectivity index (χ0n) is 17.1. The van der Waals surface area contributed by atoms with Gasteiger partial charge in [0.05, 0.1) is 18.7 Å². The number of piperidine rings is 1. The van der Waals surface area contributed by atoms with Gasteiger partial charge in [0.25, 0.3) is 5.91 Å². The summed E-state index contributed by atoms with van der Waals surface area (Å²) in [6.45, 7) is 3.22. The highest BCUT2D eigenvalue weighted by Crippen LogP contribution is 2.44. The molecule has 2 amide bonds. The van der Waals surface area contributed by atoms with Crippen molar-refractivity contribution in [1.82, 2.24) is 4.90 Å². The minimum atomic E-state index is -0.433. The van der Waals surface area contributed by atoms with Crippen molar-refractivity contribution in [2.45, 2.75) is 25.9 Å². The van der Waals surface area contributed by atoms with Gasteiger partial charge in [0.1, 0.15) is 18.1 Å². The Labute approximate surface area is 185 Å². The van der Waals surface area contributed by atoms with Crippen LogP contribution in [0.15, 0.2) is 53.9 Å². The van der Waals surface area contributed by atoms with E-state index in [-0.39, 0.29) is 31.4 Å². The Morgan fingerprint density at radius 2 is 1.97 bits per heavy atom. The lowest BCUT2D eigenvalue weighted by molar-refractivity contribution is -0.146. The van der Waals surface area contributed by atoms with E-state index in [0.717, 1.165) is 11.1 Å². The Balaban J connectivity index is 1.52. The van der Waals surface area contributed by atoms with Gasteiger partial charge in [-0.3, -0.25) is 14.5 Å². The van der Waals surface area contributed by atoms with Crippen LogP contribution < -0.4 is 15.2 Å². The van der Waals surface area contributed by atoms with Crippen molar-refractivity contribution < 1.29 is 23.8 Å². The molecule has 0 aliphatic carbocycles. The first-order valence-electron chi connectivity index (χ1n) is 10.1. The minimum Gasteiger partial charge on any atom is -0.489 e. The first-order valence-corrected chi connectivity index (χ1v) is 10.5. The second-order valence-corrected chi connectivity index (χ2v) is 7.74. The van der Waals surface area contributed by atoms with Crippen LogP contribution >= 0.6 is 11.6 Å². The van der Waals surface area contributed by atoms with Crippen LogP contribution in [0.3, 0.4) is 0 Å². The van der Waals surface area contributed by atoms with Crippen LogP contribution in [0.25, 0.3) is 0 Å². The van der Waals surface area contributed by atoms with Crippen molar-refractivity contribution in [3.63, 3.8) is 0 Å². The number of nitrogens with zero attached hydrogens (tertiary/aromatic N) is 1. The number of hydrogen-bond acceptors (Lipinski definition) is 6. The quantitative estimate of drug-likeness (QED) is 0.522. The highest BCUT2D eigenvalue weighted by Gasteiger charge is 2.43. The van der Waals surface area contributed by atoms with E-state index in [1.54, 1.807) is 24.3 Å². The van der Waals surface area contributed by atoms with Crippen molar-refractivity contribution in [2.24, 2.45) is 5.73 Å². The van der Waals surface area contributed by atoms with Crippen molar-refractivity contribution >= 4 is 23.4 Å². The molecule has 2 heterocycles. The van der Waals surface area contributed by atoms with Gasteiger partial charge >= 0.3 is 0 Å². The van der Waals surface area contributed by atoms with Gasteiger partial charge < -0.3 is 19.9 Å². The van der Waals surface area contributed by atoms with Crippen LogP contribution in [0, 0.1) is 0 Å². The lowest BCUT2D eigenvalue weighted by atomic mass is 9.82. The molecular formula is C23H23ClN2O5. The summed E-state index contributed by atoms with van der Waals surface area (Å²) in [5.41, 5.74) is 8.14. The molecule has 0 bridgehead atoms. The Morgan fingerprint density at radius 1 is 1.19 bits per heavy atom. The maximum Gasteiger partial charge on any atom is 0.262 e. The molecule has 0 saturated carbocycles. The normalized spacial score (nSPS) is 17.9. The van der Waals surface area contributed by atoms with Crippen molar-refractivity contribution in [3.8, 4) is 11.5 Å². The Hall–Kier alpha value is -3.03. The lowest BCUT2D eigenvalue weighted by Gasteiger charge is -2.36. The third kappa shape index (κ3) is 4.38. The van der Waals surface area contributed by atoms with E-state index in [1.807, 2.05) is 25.1 Å². The fourth-order valence-corrected chi connectivity index (χ4v) is 3.89. The van der Waals surface area contributed by atoms with Gasteiger partial charge in [0.15, 0.2) is 5.88 Å². The van der Waals surface area contributed by atoms with Gasteiger partial charge in [-0.2, -0.15) is 0 Å². The summed E-state index contributed by atoms with van der Waals surface area (Å²) in [5.74, 6) is -0.00187. The summed E-state index contributed by atoms with van der Waals surface area (Å²) < 4.78 is 16.9. The van der Waals surface area contributed by atoms with Crippen LogP contribution in [0.4, 0.5) is 0 Å². The van der Waals surface area contributed by atoms with Gasteiger partial charge in [-0.25, -0.2) is 0 Å². The van der Waals surface area contributed by atoms with E-state index in [2.05, 4.69) is 0 Å². The van der Waals surface area contributed by atoms with E-state index in [9.17, 15) is 9.59 Å². The average Bonchev–Trinajstić information content (AvgIpc) is 2.75. The standard InChI is InChI=1S/C23H23ClN2O5/c1-2-29-10-9-26-20(27)12-18-17-8-7-16(30-13-14-3-5-15(24)6-4-14)11-19(17)31-22(25)21(18)23(26)28/h3-8,11,18H,2,9-10,12-13,25H2,1H3. The number of ether oxygens (including phenoxy) is 3. The molecule has 1 saturated heterocycles. The van der Waals surface area contributed by atoms with Crippen LogP contribution in [0.2, 0.25) is 5.02 Å². The third-order valence-corrected chi connectivity index (χ3v) is 5.58.